The molecule has 21 heavy (non-hydrogen) atoms. The lowest BCUT2D eigenvalue weighted by Gasteiger charge is -2.36. The lowest BCUT2D eigenvalue weighted by atomic mass is 9.72. The Bertz CT molecular complexity index is 412. The van der Waals surface area contributed by atoms with Crippen LogP contribution in [-0.4, -0.2) is 12.6 Å². The van der Waals surface area contributed by atoms with E-state index in [2.05, 4.69) is 50.4 Å². The van der Waals surface area contributed by atoms with E-state index in [1.807, 2.05) is 0 Å². The maximum absolute atomic E-state index is 3.86. The number of unbranched alkanes of at least 4 members (excludes halogenated alkanes) is 1. The van der Waals surface area contributed by atoms with Crippen LogP contribution in [-0.2, 0) is 6.42 Å². The van der Waals surface area contributed by atoms with Gasteiger partial charge in [-0.15, -0.1) is 0 Å². The second-order valence-electron chi connectivity index (χ2n) is 6.71. The van der Waals surface area contributed by atoms with E-state index in [1.54, 1.807) is 11.1 Å². The van der Waals surface area contributed by atoms with Crippen molar-refractivity contribution in [1.82, 2.24) is 5.32 Å². The Morgan fingerprint density at radius 2 is 1.95 bits per heavy atom. The average Bonchev–Trinajstić information content (AvgIpc) is 2.49. The number of hydrogen-bond donors (Lipinski definition) is 1. The zero-order valence-corrected chi connectivity index (χ0v) is 14.2. The summed E-state index contributed by atoms with van der Waals surface area (Å²) in [5.41, 5.74) is 3.20. The molecule has 3 atom stereocenters. The van der Waals surface area contributed by atoms with Crippen LogP contribution in [0, 0.1) is 5.92 Å². The highest BCUT2D eigenvalue weighted by Crippen LogP contribution is 2.39. The summed E-state index contributed by atoms with van der Waals surface area (Å²) in [7, 11) is 0. The smallest absolute Gasteiger partial charge is 0.0101 e. The van der Waals surface area contributed by atoms with Crippen molar-refractivity contribution in [2.24, 2.45) is 5.92 Å². The Hall–Kier alpha value is -0.820. The molecule has 0 saturated carbocycles. The van der Waals surface area contributed by atoms with Gasteiger partial charge in [0.25, 0.3) is 0 Å². The van der Waals surface area contributed by atoms with E-state index in [9.17, 15) is 0 Å². The van der Waals surface area contributed by atoms with Gasteiger partial charge < -0.3 is 5.32 Å². The maximum Gasteiger partial charge on any atom is 0.0101 e. The number of rotatable bonds is 10. The van der Waals surface area contributed by atoms with Crippen molar-refractivity contribution >= 4 is 0 Å². The van der Waals surface area contributed by atoms with Gasteiger partial charge >= 0.3 is 0 Å². The Kier molecular flexibility index (Phi) is 6.76. The monoisotopic (exact) mass is 287 g/mol. The third-order valence-electron chi connectivity index (χ3n) is 5.18. The predicted molar refractivity (Wildman–Crippen MR) is 92.9 cm³/mol. The maximum atomic E-state index is 3.86. The topological polar surface area (TPSA) is 12.0 Å². The van der Waals surface area contributed by atoms with Crippen LogP contribution >= 0.6 is 0 Å². The van der Waals surface area contributed by atoms with Crippen LogP contribution in [0.1, 0.15) is 76.3 Å². The van der Waals surface area contributed by atoms with E-state index in [0.29, 0.717) is 6.04 Å². The molecule has 0 radical (unpaired) electrons. The molecule has 1 nitrogen and oxygen atoms in total. The summed E-state index contributed by atoms with van der Waals surface area (Å²) >= 11 is 0. The van der Waals surface area contributed by atoms with Crippen molar-refractivity contribution in [3.05, 3.63) is 35.4 Å². The molecule has 0 amide bonds. The number of nitrogens with one attached hydrogen (secondary N) is 1. The number of hydrogen-bond acceptors (Lipinski definition) is 1. The molecule has 3 unspecified atom stereocenters. The second-order valence-corrected chi connectivity index (χ2v) is 6.71. The minimum atomic E-state index is 0.708. The van der Waals surface area contributed by atoms with Crippen molar-refractivity contribution in [2.45, 2.75) is 77.7 Å². The summed E-state index contributed by atoms with van der Waals surface area (Å²) in [5.74, 6) is 1.65. The van der Waals surface area contributed by atoms with Crippen LogP contribution in [0.4, 0.5) is 0 Å². The van der Waals surface area contributed by atoms with Crippen LogP contribution in [0.3, 0.4) is 0 Å². The van der Waals surface area contributed by atoms with Gasteiger partial charge in [-0.1, -0.05) is 64.3 Å². The van der Waals surface area contributed by atoms with Crippen LogP contribution in [0.15, 0.2) is 24.3 Å². The van der Waals surface area contributed by atoms with Crippen LogP contribution in [0.25, 0.3) is 0 Å². The minimum Gasteiger partial charge on any atom is -0.314 e. The molecule has 0 heterocycles. The molecule has 0 bridgehead atoms. The Morgan fingerprint density at radius 3 is 2.62 bits per heavy atom. The van der Waals surface area contributed by atoms with Crippen molar-refractivity contribution < 1.29 is 0 Å². The number of fused-ring (bicyclic) bond motifs is 1. The predicted octanol–water partition coefficient (Wildman–Crippen LogP) is 5.30. The normalized spacial score (nSPS) is 19.7. The number of benzene rings is 1. The summed E-state index contributed by atoms with van der Waals surface area (Å²) < 4.78 is 0. The molecule has 1 aromatic carbocycles. The highest BCUT2D eigenvalue weighted by molar-refractivity contribution is 5.39. The molecule has 0 aromatic heterocycles. The fourth-order valence-electron chi connectivity index (χ4n) is 3.81. The molecule has 0 spiro atoms. The fourth-order valence-corrected chi connectivity index (χ4v) is 3.81. The van der Waals surface area contributed by atoms with Crippen LogP contribution in [0.5, 0.6) is 0 Å². The third-order valence-corrected chi connectivity index (χ3v) is 5.18. The van der Waals surface area contributed by atoms with E-state index in [1.165, 1.54) is 51.5 Å². The molecular weight excluding hydrogens is 254 g/mol. The van der Waals surface area contributed by atoms with E-state index >= 15 is 0 Å². The van der Waals surface area contributed by atoms with E-state index in [-0.39, 0.29) is 0 Å². The summed E-state index contributed by atoms with van der Waals surface area (Å²) in [6.45, 7) is 8.12. The van der Waals surface area contributed by atoms with Gasteiger partial charge in [0.1, 0.15) is 0 Å². The van der Waals surface area contributed by atoms with Gasteiger partial charge in [-0.05, 0) is 55.2 Å². The van der Waals surface area contributed by atoms with Crippen molar-refractivity contribution in [2.75, 3.05) is 6.54 Å². The largest absolute Gasteiger partial charge is 0.314 e. The molecule has 118 valence electrons. The lowest BCUT2D eigenvalue weighted by Crippen LogP contribution is -2.39. The highest BCUT2D eigenvalue weighted by atomic mass is 14.9. The molecule has 1 aliphatic rings. The zero-order valence-electron chi connectivity index (χ0n) is 14.2. The zero-order chi connectivity index (χ0) is 15.1. The van der Waals surface area contributed by atoms with Gasteiger partial charge in [0, 0.05) is 6.04 Å². The standard InChI is InChI=1S/C20H33N/c1-4-7-10-16(6-3)20(21-13-5-2)15-18-14-17-11-8-9-12-19(17)18/h8-9,11-12,16,18,20-21H,4-7,10,13-15H2,1-3H3. The quantitative estimate of drug-likeness (QED) is 0.615. The Labute approximate surface area is 131 Å². The van der Waals surface area contributed by atoms with Gasteiger partial charge in [0.05, 0.1) is 0 Å². The van der Waals surface area contributed by atoms with Gasteiger partial charge in [-0.3, -0.25) is 0 Å². The highest BCUT2D eigenvalue weighted by Gasteiger charge is 2.30. The summed E-state index contributed by atoms with van der Waals surface area (Å²) in [5, 5.41) is 3.86. The minimum absolute atomic E-state index is 0.708. The first-order chi connectivity index (χ1) is 10.3. The van der Waals surface area contributed by atoms with Crippen molar-refractivity contribution in [1.29, 1.82) is 0 Å². The van der Waals surface area contributed by atoms with Crippen molar-refractivity contribution in [3.8, 4) is 0 Å². The third kappa shape index (κ3) is 4.32. The Morgan fingerprint density at radius 1 is 1.14 bits per heavy atom. The molecule has 0 saturated heterocycles. The second kappa shape index (κ2) is 8.58. The lowest BCUT2D eigenvalue weighted by molar-refractivity contribution is 0.281. The molecule has 1 aromatic rings. The van der Waals surface area contributed by atoms with Gasteiger partial charge in [-0.25, -0.2) is 0 Å². The van der Waals surface area contributed by atoms with E-state index < -0.39 is 0 Å². The first-order valence-corrected chi connectivity index (χ1v) is 9.11. The average molecular weight is 287 g/mol. The summed E-state index contributed by atoms with van der Waals surface area (Å²) in [4.78, 5) is 0. The van der Waals surface area contributed by atoms with Gasteiger partial charge in [-0.2, -0.15) is 0 Å². The molecule has 0 aliphatic heterocycles. The molecule has 0 fully saturated rings. The summed E-state index contributed by atoms with van der Waals surface area (Å²) in [6.07, 6.45) is 9.28. The first kappa shape index (κ1) is 16.5. The SMILES string of the molecule is CCCCC(CC)C(CC1Cc2ccccc21)NCCC. The van der Waals surface area contributed by atoms with Gasteiger partial charge in [0.2, 0.25) is 0 Å². The fraction of sp³-hybridized carbons (Fsp3) is 0.700. The van der Waals surface area contributed by atoms with E-state index in [4.69, 9.17) is 0 Å². The molecule has 1 aliphatic carbocycles. The molecule has 1 N–H and O–H groups in total. The Balaban J connectivity index is 1.96. The van der Waals surface area contributed by atoms with Crippen molar-refractivity contribution in [3.63, 3.8) is 0 Å². The molecule has 1 heteroatoms. The first-order valence-electron chi connectivity index (χ1n) is 9.11. The molecular formula is C20H33N. The molecule has 2 rings (SSSR count). The van der Waals surface area contributed by atoms with Crippen LogP contribution < -0.4 is 5.32 Å². The van der Waals surface area contributed by atoms with E-state index in [0.717, 1.165) is 11.8 Å². The van der Waals surface area contributed by atoms with Gasteiger partial charge in [0.15, 0.2) is 0 Å². The van der Waals surface area contributed by atoms with Crippen LogP contribution in [0.2, 0.25) is 0 Å². The summed E-state index contributed by atoms with van der Waals surface area (Å²) in [6, 6.07) is 9.73.